The zero-order valence-electron chi connectivity index (χ0n) is 17.7. The number of aliphatic imine (C=N–C) groups is 1. The summed E-state index contributed by atoms with van der Waals surface area (Å²) in [4.78, 5) is 26.0. The molecule has 0 saturated carbocycles. The van der Waals surface area contributed by atoms with E-state index < -0.39 is 0 Å². The molecule has 31 heavy (non-hydrogen) atoms. The lowest BCUT2D eigenvalue weighted by atomic mass is 10.1. The van der Waals surface area contributed by atoms with Crippen LogP contribution in [0.25, 0.3) is 11.3 Å². The lowest BCUT2D eigenvalue weighted by Crippen LogP contribution is -2.42. The third-order valence-electron chi connectivity index (χ3n) is 4.66. The maximum atomic E-state index is 13.2. The molecule has 0 aliphatic rings. The van der Waals surface area contributed by atoms with Crippen molar-refractivity contribution in [1.29, 1.82) is 0 Å². The first-order chi connectivity index (χ1) is 15.0. The van der Waals surface area contributed by atoms with Crippen molar-refractivity contribution in [2.45, 2.75) is 13.0 Å². The van der Waals surface area contributed by atoms with E-state index in [1.807, 2.05) is 48.5 Å². The van der Waals surface area contributed by atoms with E-state index in [0.717, 1.165) is 17.1 Å². The van der Waals surface area contributed by atoms with Crippen LogP contribution in [-0.4, -0.2) is 53.9 Å². The van der Waals surface area contributed by atoms with Crippen molar-refractivity contribution in [3.05, 3.63) is 78.0 Å². The van der Waals surface area contributed by atoms with Crippen LogP contribution in [0.4, 0.5) is 4.39 Å². The Bertz CT molecular complexity index is 1020. The third-order valence-corrected chi connectivity index (χ3v) is 4.66. The number of nitrogens with zero attached hydrogens (tertiary/aromatic N) is 3. The van der Waals surface area contributed by atoms with Gasteiger partial charge in [0.15, 0.2) is 5.96 Å². The Morgan fingerprint density at radius 3 is 2.65 bits per heavy atom. The van der Waals surface area contributed by atoms with Gasteiger partial charge in [0.05, 0.1) is 24.9 Å². The SMILES string of the molecule is CN=C(NCCNC(=O)Cc1cccc(F)c1)N(C)Cc1ncc(-c2ccccc2)[nH]1. The summed E-state index contributed by atoms with van der Waals surface area (Å²) in [5.41, 5.74) is 2.70. The van der Waals surface area contributed by atoms with Crippen LogP contribution in [0, 0.1) is 5.82 Å². The maximum absolute atomic E-state index is 13.2. The molecule has 0 saturated heterocycles. The molecule has 1 amide bonds. The number of rotatable bonds is 8. The van der Waals surface area contributed by atoms with E-state index >= 15 is 0 Å². The molecule has 3 rings (SSSR count). The van der Waals surface area contributed by atoms with Crippen molar-refractivity contribution in [3.8, 4) is 11.3 Å². The Morgan fingerprint density at radius 1 is 1.13 bits per heavy atom. The number of nitrogens with one attached hydrogen (secondary N) is 3. The predicted octanol–water partition coefficient (Wildman–Crippen LogP) is 2.58. The molecule has 2 aromatic carbocycles. The zero-order chi connectivity index (χ0) is 22.1. The van der Waals surface area contributed by atoms with E-state index in [1.165, 1.54) is 12.1 Å². The lowest BCUT2D eigenvalue weighted by molar-refractivity contribution is -0.120. The second-order valence-electron chi connectivity index (χ2n) is 7.10. The normalized spacial score (nSPS) is 11.3. The van der Waals surface area contributed by atoms with E-state index in [-0.39, 0.29) is 18.1 Å². The van der Waals surface area contributed by atoms with Crippen LogP contribution in [0.1, 0.15) is 11.4 Å². The molecule has 0 radical (unpaired) electrons. The number of halogens is 1. The van der Waals surface area contributed by atoms with Crippen molar-refractivity contribution < 1.29 is 9.18 Å². The molecule has 0 atom stereocenters. The molecule has 7 nitrogen and oxygen atoms in total. The van der Waals surface area contributed by atoms with Gasteiger partial charge in [0.1, 0.15) is 11.6 Å². The molecule has 0 aliphatic carbocycles. The monoisotopic (exact) mass is 422 g/mol. The molecule has 0 fully saturated rings. The van der Waals surface area contributed by atoms with Crippen LogP contribution in [0.2, 0.25) is 0 Å². The van der Waals surface area contributed by atoms with Gasteiger partial charge in [-0.15, -0.1) is 0 Å². The minimum Gasteiger partial charge on any atom is -0.354 e. The molecular weight excluding hydrogens is 395 g/mol. The largest absolute Gasteiger partial charge is 0.354 e. The Morgan fingerprint density at radius 2 is 1.90 bits per heavy atom. The van der Waals surface area contributed by atoms with Gasteiger partial charge in [-0.05, 0) is 23.3 Å². The number of amides is 1. The molecule has 1 aromatic heterocycles. The number of hydrogen-bond acceptors (Lipinski definition) is 3. The number of benzene rings is 2. The van der Waals surface area contributed by atoms with Gasteiger partial charge in [-0.3, -0.25) is 9.79 Å². The molecule has 1 heterocycles. The number of aromatic amines is 1. The highest BCUT2D eigenvalue weighted by Gasteiger charge is 2.10. The van der Waals surface area contributed by atoms with Gasteiger partial charge in [0.2, 0.25) is 5.91 Å². The Balaban J connectivity index is 1.42. The molecular formula is C23H27FN6O. The third kappa shape index (κ3) is 6.67. The van der Waals surface area contributed by atoms with E-state index in [9.17, 15) is 9.18 Å². The summed E-state index contributed by atoms with van der Waals surface area (Å²) in [7, 11) is 3.63. The number of aromatic nitrogens is 2. The second kappa shape index (κ2) is 10.9. The molecule has 0 spiro atoms. The minimum absolute atomic E-state index is 0.147. The first-order valence-corrected chi connectivity index (χ1v) is 10.1. The van der Waals surface area contributed by atoms with Crippen LogP contribution in [0.3, 0.4) is 0 Å². The van der Waals surface area contributed by atoms with Crippen molar-refractivity contribution in [3.63, 3.8) is 0 Å². The minimum atomic E-state index is -0.341. The Kier molecular flexibility index (Phi) is 7.75. The molecule has 0 bridgehead atoms. The highest BCUT2D eigenvalue weighted by atomic mass is 19.1. The molecule has 0 aliphatic heterocycles. The average Bonchev–Trinajstić information content (AvgIpc) is 3.23. The quantitative estimate of drug-likeness (QED) is 0.296. The van der Waals surface area contributed by atoms with Crippen LogP contribution in [0.15, 0.2) is 65.8 Å². The molecule has 162 valence electrons. The summed E-state index contributed by atoms with van der Waals surface area (Å²) in [6.07, 6.45) is 1.97. The van der Waals surface area contributed by atoms with Crippen LogP contribution in [0.5, 0.6) is 0 Å². The highest BCUT2D eigenvalue weighted by Crippen LogP contribution is 2.16. The van der Waals surface area contributed by atoms with E-state index in [2.05, 4.69) is 25.6 Å². The standard InChI is InChI=1S/C23H27FN6O/c1-25-23(27-12-11-26-22(31)14-17-7-6-10-19(24)13-17)30(2)16-21-28-15-20(29-21)18-8-4-3-5-9-18/h3-10,13,15H,11-12,14,16H2,1-2H3,(H,25,27)(H,26,31)(H,28,29). The fraction of sp³-hybridized carbons (Fsp3) is 0.261. The molecule has 3 N–H and O–H groups in total. The predicted molar refractivity (Wildman–Crippen MR) is 120 cm³/mol. The number of hydrogen-bond donors (Lipinski definition) is 3. The lowest BCUT2D eigenvalue weighted by Gasteiger charge is -2.21. The number of guanidine groups is 1. The fourth-order valence-electron chi connectivity index (χ4n) is 3.16. The zero-order valence-corrected chi connectivity index (χ0v) is 17.7. The van der Waals surface area contributed by atoms with Gasteiger partial charge in [-0.1, -0.05) is 42.5 Å². The van der Waals surface area contributed by atoms with Crippen molar-refractivity contribution in [2.24, 2.45) is 4.99 Å². The van der Waals surface area contributed by atoms with Crippen LogP contribution in [-0.2, 0) is 17.8 Å². The van der Waals surface area contributed by atoms with E-state index in [4.69, 9.17) is 0 Å². The van der Waals surface area contributed by atoms with Gasteiger partial charge in [-0.2, -0.15) is 0 Å². The number of H-pyrrole nitrogens is 1. The van der Waals surface area contributed by atoms with Crippen molar-refractivity contribution in [1.82, 2.24) is 25.5 Å². The topological polar surface area (TPSA) is 85.4 Å². The smallest absolute Gasteiger partial charge is 0.224 e. The van der Waals surface area contributed by atoms with Crippen molar-refractivity contribution in [2.75, 3.05) is 27.2 Å². The molecule has 0 unspecified atom stereocenters. The maximum Gasteiger partial charge on any atom is 0.224 e. The summed E-state index contributed by atoms with van der Waals surface area (Å²) in [6.45, 7) is 1.50. The average molecular weight is 423 g/mol. The highest BCUT2D eigenvalue weighted by molar-refractivity contribution is 5.80. The van der Waals surface area contributed by atoms with Gasteiger partial charge < -0.3 is 20.5 Å². The van der Waals surface area contributed by atoms with Crippen LogP contribution < -0.4 is 10.6 Å². The number of carbonyl (C=O) groups excluding carboxylic acids is 1. The summed E-state index contributed by atoms with van der Waals surface area (Å²) in [6, 6.07) is 16.1. The number of imidazole rings is 1. The number of carbonyl (C=O) groups is 1. The van der Waals surface area contributed by atoms with Crippen LogP contribution >= 0.6 is 0 Å². The summed E-state index contributed by atoms with van der Waals surface area (Å²) in [5.74, 6) is 1.02. The fourth-order valence-corrected chi connectivity index (χ4v) is 3.16. The first-order valence-electron chi connectivity index (χ1n) is 10.1. The summed E-state index contributed by atoms with van der Waals surface area (Å²) >= 11 is 0. The summed E-state index contributed by atoms with van der Waals surface area (Å²) < 4.78 is 13.2. The molecule has 8 heteroatoms. The van der Waals surface area contributed by atoms with Gasteiger partial charge in [-0.25, -0.2) is 9.37 Å². The van der Waals surface area contributed by atoms with E-state index in [1.54, 1.807) is 19.2 Å². The Hall–Kier alpha value is -3.68. The second-order valence-corrected chi connectivity index (χ2v) is 7.10. The van der Waals surface area contributed by atoms with Crippen molar-refractivity contribution >= 4 is 11.9 Å². The molecule has 3 aromatic rings. The summed E-state index contributed by atoms with van der Waals surface area (Å²) in [5, 5.41) is 6.04. The Labute approximate surface area is 181 Å². The van der Waals surface area contributed by atoms with Gasteiger partial charge in [0.25, 0.3) is 0 Å². The first kappa shape index (κ1) is 22.0. The van der Waals surface area contributed by atoms with E-state index in [0.29, 0.717) is 31.2 Å². The van der Waals surface area contributed by atoms with Gasteiger partial charge >= 0.3 is 0 Å². The van der Waals surface area contributed by atoms with Gasteiger partial charge in [0, 0.05) is 27.2 Å².